The van der Waals surface area contributed by atoms with Crippen molar-refractivity contribution in [2.45, 2.75) is 44.8 Å². The maximum absolute atomic E-state index is 12.9. The van der Waals surface area contributed by atoms with Crippen LogP contribution < -0.4 is 10.6 Å². The van der Waals surface area contributed by atoms with Crippen LogP contribution in [0.15, 0.2) is 55.4 Å². The number of pyridine rings is 1. The number of rotatable bonds is 5. The van der Waals surface area contributed by atoms with Crippen LogP contribution >= 0.6 is 0 Å². The van der Waals surface area contributed by atoms with E-state index in [1.807, 2.05) is 18.2 Å². The zero-order valence-corrected chi connectivity index (χ0v) is 19.1. The third-order valence-electron chi connectivity index (χ3n) is 6.31. The molecule has 1 fully saturated rings. The van der Waals surface area contributed by atoms with Gasteiger partial charge in [-0.2, -0.15) is 0 Å². The second kappa shape index (κ2) is 9.46. The summed E-state index contributed by atoms with van der Waals surface area (Å²) >= 11 is 0. The molecule has 3 heterocycles. The summed E-state index contributed by atoms with van der Waals surface area (Å²) in [5, 5.41) is 6.68. The van der Waals surface area contributed by atoms with Gasteiger partial charge in [-0.05, 0) is 70.1 Å². The van der Waals surface area contributed by atoms with Gasteiger partial charge >= 0.3 is 0 Å². The monoisotopic (exact) mass is 444 g/mol. The Hall–Kier alpha value is -3.65. The predicted molar refractivity (Wildman–Crippen MR) is 129 cm³/mol. The number of amides is 2. The number of fused-ring (bicyclic) bond motifs is 1. The highest BCUT2D eigenvalue weighted by molar-refractivity contribution is 6.05. The van der Waals surface area contributed by atoms with Crippen LogP contribution in [0.5, 0.6) is 0 Å². The van der Waals surface area contributed by atoms with Crippen LogP contribution in [-0.2, 0) is 4.79 Å². The molecule has 0 saturated carbocycles. The molecule has 8 nitrogen and oxygen atoms in total. The Labute approximate surface area is 193 Å². The van der Waals surface area contributed by atoms with Gasteiger partial charge in [0.25, 0.3) is 5.91 Å². The van der Waals surface area contributed by atoms with Gasteiger partial charge < -0.3 is 15.5 Å². The van der Waals surface area contributed by atoms with Crippen molar-refractivity contribution in [2.24, 2.45) is 0 Å². The second-order valence-electron chi connectivity index (χ2n) is 8.55. The number of aromatic nitrogens is 3. The van der Waals surface area contributed by atoms with E-state index in [2.05, 4.69) is 58.0 Å². The molecule has 8 heteroatoms. The summed E-state index contributed by atoms with van der Waals surface area (Å²) in [7, 11) is 2.12. The van der Waals surface area contributed by atoms with Crippen molar-refractivity contribution in [1.29, 1.82) is 0 Å². The van der Waals surface area contributed by atoms with Gasteiger partial charge in [-0.25, -0.2) is 9.97 Å². The minimum Gasteiger partial charge on any atom is -0.348 e. The van der Waals surface area contributed by atoms with Crippen molar-refractivity contribution >= 4 is 28.4 Å². The zero-order chi connectivity index (χ0) is 23.5. The van der Waals surface area contributed by atoms with Gasteiger partial charge in [0, 0.05) is 41.5 Å². The van der Waals surface area contributed by atoms with Crippen molar-refractivity contribution in [1.82, 2.24) is 25.2 Å². The number of anilines is 1. The van der Waals surface area contributed by atoms with E-state index >= 15 is 0 Å². The third-order valence-corrected chi connectivity index (χ3v) is 6.31. The molecule has 0 spiro atoms. The normalized spacial score (nSPS) is 20.9. The molecule has 170 valence electrons. The van der Waals surface area contributed by atoms with Crippen molar-refractivity contribution in [3.8, 4) is 11.4 Å². The molecule has 2 unspecified atom stereocenters. The number of likely N-dealkylation sites (tertiary alicyclic amines) is 1. The quantitative estimate of drug-likeness (QED) is 0.585. The van der Waals surface area contributed by atoms with Crippen molar-refractivity contribution in [3.05, 3.63) is 61.1 Å². The smallest absolute Gasteiger partial charge is 0.270 e. The number of carbonyl (C=O) groups is 2. The highest BCUT2D eigenvalue weighted by Gasteiger charge is 2.29. The Morgan fingerprint density at radius 3 is 2.55 bits per heavy atom. The number of carbonyl (C=O) groups excluding carboxylic acids is 2. The molecule has 3 aromatic rings. The average Bonchev–Trinajstić information content (AvgIpc) is 2.82. The topological polar surface area (TPSA) is 100 Å². The Morgan fingerprint density at radius 1 is 1.09 bits per heavy atom. The number of piperidine rings is 1. The maximum atomic E-state index is 12.9. The molecule has 2 atom stereocenters. The summed E-state index contributed by atoms with van der Waals surface area (Å²) in [6.07, 6.45) is 6.24. The molecule has 4 rings (SSSR count). The molecule has 33 heavy (non-hydrogen) atoms. The predicted octanol–water partition coefficient (Wildman–Crippen LogP) is 3.42. The van der Waals surface area contributed by atoms with E-state index in [-0.39, 0.29) is 17.9 Å². The van der Waals surface area contributed by atoms with Crippen molar-refractivity contribution < 1.29 is 9.59 Å². The van der Waals surface area contributed by atoms with E-state index in [0.29, 0.717) is 29.3 Å². The molecule has 2 N–H and O–H groups in total. The average molecular weight is 445 g/mol. The molecule has 0 bridgehead atoms. The number of nitrogens with one attached hydrogen (secondary N) is 2. The first-order chi connectivity index (χ1) is 15.9. The van der Waals surface area contributed by atoms with Crippen LogP contribution in [0.25, 0.3) is 22.3 Å². The first kappa shape index (κ1) is 22.5. The summed E-state index contributed by atoms with van der Waals surface area (Å²) < 4.78 is 0. The van der Waals surface area contributed by atoms with Crippen LogP contribution in [0.3, 0.4) is 0 Å². The van der Waals surface area contributed by atoms with Crippen molar-refractivity contribution in [2.75, 3.05) is 12.4 Å². The van der Waals surface area contributed by atoms with Gasteiger partial charge in [0.15, 0.2) is 5.82 Å². The van der Waals surface area contributed by atoms with Gasteiger partial charge in [0.1, 0.15) is 5.69 Å². The number of benzene rings is 1. The van der Waals surface area contributed by atoms with E-state index in [1.165, 1.54) is 6.08 Å². The Bertz CT molecular complexity index is 1200. The lowest BCUT2D eigenvalue weighted by molar-refractivity contribution is -0.111. The fourth-order valence-electron chi connectivity index (χ4n) is 4.27. The van der Waals surface area contributed by atoms with Gasteiger partial charge in [0.05, 0.1) is 11.2 Å². The van der Waals surface area contributed by atoms with Gasteiger partial charge in [-0.15, -0.1) is 0 Å². The fraction of sp³-hybridized carbons (Fsp3) is 0.320. The largest absolute Gasteiger partial charge is 0.348 e. The van der Waals surface area contributed by atoms with Crippen LogP contribution in [0.2, 0.25) is 0 Å². The molecule has 2 aromatic heterocycles. The van der Waals surface area contributed by atoms with Crippen LogP contribution in [-0.4, -0.2) is 56.8 Å². The van der Waals surface area contributed by atoms with E-state index in [1.54, 1.807) is 24.5 Å². The van der Waals surface area contributed by atoms with Crippen LogP contribution in [0, 0.1) is 0 Å². The molecular formula is C25H28N6O2. The van der Waals surface area contributed by atoms with Crippen LogP contribution in [0.1, 0.15) is 37.2 Å². The molecule has 0 aliphatic carbocycles. The number of hydrogen-bond donors (Lipinski definition) is 2. The second-order valence-corrected chi connectivity index (χ2v) is 8.55. The standard InChI is InChI=1S/C25H28N6O2/c1-5-23(32)29-21-8-10-26-20-7-6-17(14-19(20)21)24-27-11-9-22(30-24)25(33)28-18-12-15(2)31(4)16(3)13-18/h5-11,14-16,18H,1,12-13H2,2-4H3,(H,28,33)(H,26,29,32). The minimum atomic E-state index is -0.305. The summed E-state index contributed by atoms with van der Waals surface area (Å²) in [6, 6.07) is 9.82. The van der Waals surface area contributed by atoms with Gasteiger partial charge in [-0.3, -0.25) is 14.6 Å². The SMILES string of the molecule is C=CC(=O)Nc1ccnc2ccc(-c3nccc(C(=O)NC4CC(C)N(C)C(C)C4)n3)cc12. The summed E-state index contributed by atoms with van der Waals surface area (Å²) in [6.45, 7) is 7.85. The van der Waals surface area contributed by atoms with Gasteiger partial charge in [0.2, 0.25) is 5.91 Å². The van der Waals surface area contributed by atoms with Gasteiger partial charge in [-0.1, -0.05) is 6.58 Å². The van der Waals surface area contributed by atoms with E-state index < -0.39 is 0 Å². The molecule has 0 radical (unpaired) electrons. The molecular weight excluding hydrogens is 416 g/mol. The molecule has 2 amide bonds. The van der Waals surface area contributed by atoms with E-state index in [9.17, 15) is 9.59 Å². The van der Waals surface area contributed by atoms with E-state index in [0.717, 1.165) is 29.3 Å². The summed E-state index contributed by atoms with van der Waals surface area (Å²) in [4.78, 5) is 40.3. The molecule has 1 aliphatic rings. The van der Waals surface area contributed by atoms with E-state index in [4.69, 9.17) is 0 Å². The molecule has 1 saturated heterocycles. The fourth-order valence-corrected chi connectivity index (χ4v) is 4.27. The Kier molecular flexibility index (Phi) is 6.46. The first-order valence-corrected chi connectivity index (χ1v) is 11.0. The first-order valence-electron chi connectivity index (χ1n) is 11.0. The Morgan fingerprint density at radius 2 is 1.82 bits per heavy atom. The Balaban J connectivity index is 1.58. The molecule has 1 aromatic carbocycles. The highest BCUT2D eigenvalue weighted by atomic mass is 16.2. The maximum Gasteiger partial charge on any atom is 0.270 e. The minimum absolute atomic E-state index is 0.111. The summed E-state index contributed by atoms with van der Waals surface area (Å²) in [5.41, 5.74) is 2.39. The third kappa shape index (κ3) is 4.90. The lowest BCUT2D eigenvalue weighted by Crippen LogP contribution is -2.51. The van der Waals surface area contributed by atoms with Crippen molar-refractivity contribution in [3.63, 3.8) is 0 Å². The summed E-state index contributed by atoms with van der Waals surface area (Å²) in [5.74, 6) is -0.0751. The molecule has 1 aliphatic heterocycles. The highest BCUT2D eigenvalue weighted by Crippen LogP contribution is 2.27. The lowest BCUT2D eigenvalue weighted by atomic mass is 9.93. The van der Waals surface area contributed by atoms with Crippen LogP contribution in [0.4, 0.5) is 5.69 Å². The number of nitrogens with zero attached hydrogens (tertiary/aromatic N) is 4. The zero-order valence-electron chi connectivity index (χ0n) is 19.1. The lowest BCUT2D eigenvalue weighted by Gasteiger charge is -2.40. The number of hydrogen-bond acceptors (Lipinski definition) is 6.